The van der Waals surface area contributed by atoms with Crippen molar-refractivity contribution < 1.29 is 25.8 Å². The van der Waals surface area contributed by atoms with Gasteiger partial charge < -0.3 is 9.08 Å². The lowest BCUT2D eigenvalue weighted by Crippen LogP contribution is -2.40. The topological polar surface area (TPSA) is 46.6 Å². The highest BCUT2D eigenvalue weighted by Gasteiger charge is 2.49. The molecule has 0 N–H and O–H groups in total. The average molecular weight is 622 g/mol. The van der Waals surface area contributed by atoms with E-state index in [4.69, 9.17) is 11.6 Å². The Kier molecular flexibility index (Phi) is 8.30. The fourth-order valence-electron chi connectivity index (χ4n) is 6.19. The third-order valence-electron chi connectivity index (χ3n) is 8.33. The summed E-state index contributed by atoms with van der Waals surface area (Å²) in [5.74, 6) is -0.383. The number of para-hydroxylation sites is 2. The van der Waals surface area contributed by atoms with E-state index < -0.39 is 15.6 Å². The number of likely N-dealkylation sites (N-methyl/N-ethyl adjacent to an activating group) is 2. The highest BCUT2D eigenvalue weighted by Crippen LogP contribution is 2.47. The van der Waals surface area contributed by atoms with Crippen molar-refractivity contribution in [2.24, 2.45) is 0 Å². The van der Waals surface area contributed by atoms with Crippen LogP contribution >= 0.6 is 11.6 Å². The van der Waals surface area contributed by atoms with Crippen molar-refractivity contribution >= 4 is 33.1 Å². The smallest absolute Gasteiger partial charge is 0.379 e. The molecule has 1 aliphatic carbocycles. The number of anilines is 1. The zero-order chi connectivity index (χ0) is 31.3. The van der Waals surface area contributed by atoms with E-state index in [0.717, 1.165) is 28.0 Å². The summed E-state index contributed by atoms with van der Waals surface area (Å²) in [6.07, 6.45) is 5.88. The number of benzene rings is 2. The number of hydrogen-bond acceptors (Lipinski definition) is 4. The van der Waals surface area contributed by atoms with E-state index in [2.05, 4.69) is 75.8 Å². The number of fused-ring (bicyclic) bond motifs is 2. The summed E-state index contributed by atoms with van der Waals surface area (Å²) in [5.41, 5.74) is 1.12. The Morgan fingerprint density at radius 2 is 1.60 bits per heavy atom. The van der Waals surface area contributed by atoms with Gasteiger partial charge in [0.25, 0.3) is 0 Å². The van der Waals surface area contributed by atoms with E-state index >= 15 is 0 Å². The standard InChI is InChI=1S/C19H19ClF3NO3S.C13H18N/c1-18(2)13-6-4-5-7-14(13)24(3)16(18)11-9-12-8-10-15(17(12)20)27-28(25,26)19(21,22)23;1-5-14(4)10-13(2,3)11-8-6-7-9-12(11)14/h4-7,9,11H,8,10H2,1-3H3;5-9H,1,10H2,2-4H3/q;+1/b12-9-,16-11-;. The van der Waals surface area contributed by atoms with Gasteiger partial charge in [-0.25, -0.2) is 0 Å². The van der Waals surface area contributed by atoms with E-state index in [1.54, 1.807) is 6.08 Å². The lowest BCUT2D eigenvalue weighted by Gasteiger charge is -2.26. The van der Waals surface area contributed by atoms with Gasteiger partial charge in [-0.15, -0.1) is 0 Å². The van der Waals surface area contributed by atoms with Crippen LogP contribution in [0.5, 0.6) is 0 Å². The van der Waals surface area contributed by atoms with Gasteiger partial charge in [-0.05, 0) is 42.3 Å². The molecule has 2 aliphatic heterocycles. The van der Waals surface area contributed by atoms with Crippen LogP contribution in [0.1, 0.15) is 51.7 Å². The van der Waals surface area contributed by atoms with Gasteiger partial charge in [0.15, 0.2) is 0 Å². The number of nitrogens with zero attached hydrogens (tertiary/aromatic N) is 2. The first kappa shape index (κ1) is 31.9. The summed E-state index contributed by atoms with van der Waals surface area (Å²) in [4.78, 5) is 2.05. The summed E-state index contributed by atoms with van der Waals surface area (Å²) < 4.78 is 65.0. The van der Waals surface area contributed by atoms with Gasteiger partial charge in [0.2, 0.25) is 0 Å². The minimum Gasteiger partial charge on any atom is -0.379 e. The molecule has 3 aliphatic rings. The molecule has 0 aromatic heterocycles. The second-order valence-corrected chi connectivity index (χ2v) is 14.1. The third kappa shape index (κ3) is 5.66. The number of hydrogen-bond donors (Lipinski definition) is 0. The zero-order valence-electron chi connectivity index (χ0n) is 24.7. The van der Waals surface area contributed by atoms with Crippen LogP contribution in [0.2, 0.25) is 0 Å². The number of rotatable bonds is 4. The maximum Gasteiger partial charge on any atom is 0.534 e. The van der Waals surface area contributed by atoms with Gasteiger partial charge in [-0.1, -0.05) is 81.8 Å². The Hall–Kier alpha value is -3.01. The van der Waals surface area contributed by atoms with Crippen LogP contribution in [-0.2, 0) is 25.1 Å². The van der Waals surface area contributed by atoms with Crippen LogP contribution in [0.25, 0.3) is 0 Å². The fraction of sp³-hybridized carbons (Fsp3) is 0.375. The SMILES string of the molecule is C=C[N+]1(C)CC(C)(C)c2ccccc21.CN1/C(=C\C=C2\CCC(OS(=O)(=O)C(F)(F)F)=C2Cl)C(C)(C)c2ccccc21. The Balaban J connectivity index is 0.000000241. The summed E-state index contributed by atoms with van der Waals surface area (Å²) >= 11 is 6.09. The Labute approximate surface area is 251 Å². The van der Waals surface area contributed by atoms with E-state index in [9.17, 15) is 21.6 Å². The van der Waals surface area contributed by atoms with Crippen molar-refractivity contribution in [1.82, 2.24) is 4.48 Å². The molecule has 0 spiro atoms. The van der Waals surface area contributed by atoms with E-state index in [0.29, 0.717) is 12.0 Å². The van der Waals surface area contributed by atoms with Crippen molar-refractivity contribution in [1.29, 1.82) is 0 Å². The summed E-state index contributed by atoms with van der Waals surface area (Å²) in [5, 5.41) is -0.0966. The summed E-state index contributed by atoms with van der Waals surface area (Å²) in [6, 6.07) is 16.7. The molecular weight excluding hydrogens is 585 g/mol. The molecule has 0 saturated heterocycles. The molecule has 0 radical (unpaired) electrons. The lowest BCUT2D eigenvalue weighted by atomic mass is 9.83. The molecule has 0 bridgehead atoms. The molecule has 5 nitrogen and oxygen atoms in total. The average Bonchev–Trinajstić information content (AvgIpc) is 3.43. The maximum atomic E-state index is 12.5. The molecule has 1 atom stereocenters. The van der Waals surface area contributed by atoms with Crippen molar-refractivity contribution in [2.75, 3.05) is 25.5 Å². The van der Waals surface area contributed by atoms with Gasteiger partial charge >= 0.3 is 15.6 Å². The summed E-state index contributed by atoms with van der Waals surface area (Å²) in [6.45, 7) is 13.8. The van der Waals surface area contributed by atoms with Crippen LogP contribution in [0, 0.1) is 0 Å². The van der Waals surface area contributed by atoms with Gasteiger partial charge in [0, 0.05) is 41.2 Å². The first-order valence-corrected chi connectivity index (χ1v) is 15.4. The fourth-order valence-corrected chi connectivity index (χ4v) is 7.05. The van der Waals surface area contributed by atoms with E-state index in [1.165, 1.54) is 11.3 Å². The van der Waals surface area contributed by atoms with Crippen molar-refractivity contribution in [3.63, 3.8) is 0 Å². The second kappa shape index (κ2) is 10.9. The van der Waals surface area contributed by atoms with Crippen LogP contribution in [0.3, 0.4) is 0 Å². The van der Waals surface area contributed by atoms with Crippen LogP contribution in [0.15, 0.2) is 95.5 Å². The lowest BCUT2D eigenvalue weighted by molar-refractivity contribution is -0.0523. The minimum absolute atomic E-state index is 0.0113. The van der Waals surface area contributed by atoms with Gasteiger partial charge in [-0.2, -0.15) is 21.6 Å². The molecule has 5 rings (SSSR count). The first-order chi connectivity index (χ1) is 19.4. The van der Waals surface area contributed by atoms with Crippen LogP contribution in [0.4, 0.5) is 24.5 Å². The molecular formula is C32H37ClF3N2O3S+. The molecule has 2 aromatic carbocycles. The predicted octanol–water partition coefficient (Wildman–Crippen LogP) is 8.39. The highest BCUT2D eigenvalue weighted by molar-refractivity contribution is 7.87. The highest BCUT2D eigenvalue weighted by atomic mass is 35.5. The Morgan fingerprint density at radius 1 is 1.00 bits per heavy atom. The molecule has 42 heavy (non-hydrogen) atoms. The number of allylic oxidation sites excluding steroid dienone is 6. The van der Waals surface area contributed by atoms with Crippen molar-refractivity contribution in [3.05, 3.63) is 107 Å². The number of alkyl halides is 3. The largest absolute Gasteiger partial charge is 0.534 e. The molecule has 2 heterocycles. The molecule has 0 saturated carbocycles. The predicted molar refractivity (Wildman–Crippen MR) is 164 cm³/mol. The maximum absolute atomic E-state index is 12.5. The van der Waals surface area contributed by atoms with E-state index in [1.807, 2.05) is 42.4 Å². The van der Waals surface area contributed by atoms with Crippen LogP contribution < -0.4 is 9.38 Å². The first-order valence-electron chi connectivity index (χ1n) is 13.6. The number of quaternary nitrogens is 1. The normalized spacial score (nSPS) is 24.4. The molecule has 226 valence electrons. The molecule has 10 heteroatoms. The molecule has 2 aromatic rings. The minimum atomic E-state index is -5.72. The Morgan fingerprint density at radius 3 is 2.19 bits per heavy atom. The number of halogens is 4. The monoisotopic (exact) mass is 621 g/mol. The third-order valence-corrected chi connectivity index (χ3v) is 9.78. The van der Waals surface area contributed by atoms with Gasteiger partial charge in [0.05, 0.1) is 24.8 Å². The molecule has 1 unspecified atom stereocenters. The van der Waals surface area contributed by atoms with Gasteiger partial charge in [0.1, 0.15) is 11.4 Å². The van der Waals surface area contributed by atoms with E-state index in [-0.39, 0.29) is 28.0 Å². The molecule has 0 amide bonds. The quantitative estimate of drug-likeness (QED) is 0.195. The summed E-state index contributed by atoms with van der Waals surface area (Å²) in [7, 11) is -1.56. The second-order valence-electron chi connectivity index (χ2n) is 12.2. The zero-order valence-corrected chi connectivity index (χ0v) is 26.3. The van der Waals surface area contributed by atoms with Crippen LogP contribution in [-0.4, -0.2) is 34.6 Å². The van der Waals surface area contributed by atoms with Gasteiger partial charge in [-0.3, -0.25) is 4.48 Å². The molecule has 0 fully saturated rings. The van der Waals surface area contributed by atoms with Crippen molar-refractivity contribution in [2.45, 2.75) is 56.9 Å². The van der Waals surface area contributed by atoms with Crippen molar-refractivity contribution in [3.8, 4) is 0 Å². The Bertz CT molecular complexity index is 1610.